The average molecular weight is 403 g/mol. The molecular weight excluding hydrogens is 368 g/mol. The first-order valence-electron chi connectivity index (χ1n) is 12.2. The summed E-state index contributed by atoms with van der Waals surface area (Å²) < 4.78 is 33.5. The zero-order valence-electron chi connectivity index (χ0n) is 21.7. The number of nitrogens with zero attached hydrogens (tertiary/aromatic N) is 2. The van der Waals surface area contributed by atoms with Crippen molar-refractivity contribution in [3.05, 3.63) is 58.8 Å². The van der Waals surface area contributed by atoms with Crippen LogP contribution in [-0.4, -0.2) is 5.10 Å². The lowest BCUT2D eigenvalue weighted by atomic mass is 9.62. The molecule has 3 nitrogen and oxygen atoms in total. The fourth-order valence-electron chi connectivity index (χ4n) is 5.32. The highest BCUT2D eigenvalue weighted by molar-refractivity contribution is 6.13. The van der Waals surface area contributed by atoms with Crippen LogP contribution in [0.5, 0.6) is 0 Å². The van der Waals surface area contributed by atoms with Gasteiger partial charge in [-0.05, 0) is 76.9 Å². The molecule has 1 aliphatic rings. The van der Waals surface area contributed by atoms with Crippen molar-refractivity contribution in [2.75, 3.05) is 0 Å². The maximum atomic E-state index is 8.37. The number of furan rings is 1. The molecule has 5 rings (SSSR count). The molecule has 1 aliphatic carbocycles. The molecule has 0 amide bonds. The number of aromatic nitrogens is 2. The Morgan fingerprint density at radius 2 is 1.80 bits per heavy atom. The number of fused-ring (bicyclic) bond motifs is 5. The van der Waals surface area contributed by atoms with Crippen LogP contribution in [0.25, 0.3) is 33.2 Å². The van der Waals surface area contributed by atoms with E-state index >= 15 is 0 Å². The van der Waals surface area contributed by atoms with Crippen molar-refractivity contribution in [1.29, 1.82) is 0 Å². The van der Waals surface area contributed by atoms with Crippen LogP contribution in [0.2, 0.25) is 0 Å². The van der Waals surface area contributed by atoms with E-state index in [4.69, 9.17) is 8.53 Å². The molecule has 0 saturated carbocycles. The fraction of sp³-hybridized carbons (Fsp3) is 0.407. The monoisotopic (exact) mass is 402 g/mol. The number of rotatable bonds is 1. The lowest BCUT2D eigenvalue weighted by Gasteiger charge is -2.42. The molecule has 0 bridgehead atoms. The van der Waals surface area contributed by atoms with Crippen LogP contribution in [0.4, 0.5) is 0 Å². The van der Waals surface area contributed by atoms with Crippen LogP contribution in [0.1, 0.15) is 66.9 Å². The van der Waals surface area contributed by atoms with Crippen molar-refractivity contribution in [2.45, 2.75) is 65.1 Å². The Morgan fingerprint density at radius 1 is 1.03 bits per heavy atom. The molecule has 0 saturated heterocycles. The molecule has 4 aromatic rings. The molecule has 0 fully saturated rings. The highest BCUT2D eigenvalue weighted by Crippen LogP contribution is 2.51. The van der Waals surface area contributed by atoms with E-state index in [0.717, 1.165) is 46.0 Å². The van der Waals surface area contributed by atoms with Crippen LogP contribution < -0.4 is 4.68 Å². The molecule has 0 radical (unpaired) electrons. The minimum absolute atomic E-state index is 0.0199. The summed E-state index contributed by atoms with van der Waals surface area (Å²) in [5.74, 6) is 0. The minimum atomic E-state index is -2.26. The van der Waals surface area contributed by atoms with Gasteiger partial charge >= 0.3 is 0 Å². The molecule has 154 valence electrons. The fourth-order valence-corrected chi connectivity index (χ4v) is 5.32. The molecule has 0 spiro atoms. The van der Waals surface area contributed by atoms with E-state index in [9.17, 15) is 0 Å². The minimum Gasteiger partial charge on any atom is -0.455 e. The summed E-state index contributed by atoms with van der Waals surface area (Å²) in [6, 6.07) is 9.94. The van der Waals surface area contributed by atoms with Gasteiger partial charge in [0.1, 0.15) is 11.2 Å². The first-order chi connectivity index (χ1) is 15.3. The highest BCUT2D eigenvalue weighted by atomic mass is 16.3. The molecule has 3 heteroatoms. The normalized spacial score (nSPS) is 19.3. The third-order valence-electron chi connectivity index (χ3n) is 7.07. The van der Waals surface area contributed by atoms with Gasteiger partial charge in [-0.2, -0.15) is 0 Å². The van der Waals surface area contributed by atoms with Gasteiger partial charge in [0, 0.05) is 21.0 Å². The van der Waals surface area contributed by atoms with Crippen molar-refractivity contribution in [2.24, 2.45) is 7.05 Å². The van der Waals surface area contributed by atoms with Crippen LogP contribution in [-0.2, 0) is 17.9 Å². The largest absolute Gasteiger partial charge is 0.455 e. The van der Waals surface area contributed by atoms with Crippen molar-refractivity contribution in [3.63, 3.8) is 0 Å². The standard InChI is InChI=1S/C27H31N2O/c1-16-15-17(2)22-23-20(30-25(22)21(16)19-9-8-14-28-29(19)7)11-10-18-24(23)27(5,6)13-12-26(18,3)4/h8-11,14-15H,12-13H2,1-7H3/q+1/i2D3. The van der Waals surface area contributed by atoms with Gasteiger partial charge in [0.15, 0.2) is 7.05 Å². The number of hydrogen-bond donors (Lipinski definition) is 0. The third-order valence-corrected chi connectivity index (χ3v) is 7.07. The van der Waals surface area contributed by atoms with Gasteiger partial charge in [-0.25, -0.2) is 0 Å². The van der Waals surface area contributed by atoms with E-state index < -0.39 is 6.85 Å². The molecule has 0 atom stereocenters. The van der Waals surface area contributed by atoms with E-state index in [1.807, 2.05) is 42.9 Å². The molecule has 2 heterocycles. The molecule has 2 aromatic carbocycles. The second kappa shape index (κ2) is 6.16. The quantitative estimate of drug-likeness (QED) is 0.343. The maximum absolute atomic E-state index is 8.37. The van der Waals surface area contributed by atoms with E-state index in [1.165, 1.54) is 11.1 Å². The lowest BCUT2D eigenvalue weighted by molar-refractivity contribution is -0.720. The van der Waals surface area contributed by atoms with E-state index in [-0.39, 0.29) is 10.8 Å². The van der Waals surface area contributed by atoms with E-state index in [2.05, 4.69) is 38.9 Å². The zero-order chi connectivity index (χ0) is 23.9. The third kappa shape index (κ3) is 2.57. The van der Waals surface area contributed by atoms with Gasteiger partial charge in [0.25, 0.3) is 0 Å². The summed E-state index contributed by atoms with van der Waals surface area (Å²) in [6.45, 7) is 8.80. The lowest BCUT2D eigenvalue weighted by Crippen LogP contribution is -2.35. The Bertz CT molecular complexity index is 1430. The van der Waals surface area contributed by atoms with E-state index in [1.54, 1.807) is 6.20 Å². The van der Waals surface area contributed by atoms with Gasteiger partial charge < -0.3 is 4.42 Å². The van der Waals surface area contributed by atoms with Crippen molar-refractivity contribution < 1.29 is 13.2 Å². The molecule has 2 aromatic heterocycles. The van der Waals surface area contributed by atoms with Gasteiger partial charge in [-0.1, -0.05) is 44.5 Å². The SMILES string of the molecule is [2H]C([2H])([2H])c1cc(C)c(-c2cccn[n+]2C)c2oc3ccc4c(c3c12)C(C)(C)CCC4(C)C. The number of aryl methyl sites for hydroxylation is 3. The second-order valence-corrected chi connectivity index (χ2v) is 10.1. The summed E-state index contributed by atoms with van der Waals surface area (Å²) in [5.41, 5.74) is 6.84. The molecule has 0 N–H and O–H groups in total. The van der Waals surface area contributed by atoms with Crippen molar-refractivity contribution >= 4 is 21.9 Å². The zero-order valence-corrected chi connectivity index (χ0v) is 18.7. The first-order valence-corrected chi connectivity index (χ1v) is 10.7. The van der Waals surface area contributed by atoms with Gasteiger partial charge in [-0.3, -0.25) is 0 Å². The summed E-state index contributed by atoms with van der Waals surface area (Å²) >= 11 is 0. The Balaban J connectivity index is 2.05. The summed E-state index contributed by atoms with van der Waals surface area (Å²) in [6.07, 6.45) is 3.88. The van der Waals surface area contributed by atoms with Gasteiger partial charge in [-0.15, -0.1) is 0 Å². The predicted molar refractivity (Wildman–Crippen MR) is 123 cm³/mol. The van der Waals surface area contributed by atoms with Crippen molar-refractivity contribution in [3.8, 4) is 11.3 Å². The Hall–Kier alpha value is -2.68. The van der Waals surface area contributed by atoms with Crippen LogP contribution in [0.15, 0.2) is 40.9 Å². The van der Waals surface area contributed by atoms with Gasteiger partial charge in [0.2, 0.25) is 5.69 Å². The number of benzene rings is 2. The molecule has 0 aliphatic heterocycles. The smallest absolute Gasteiger partial charge is 0.242 e. The van der Waals surface area contributed by atoms with E-state index in [0.29, 0.717) is 11.1 Å². The predicted octanol–water partition coefficient (Wildman–Crippen LogP) is 6.44. The maximum Gasteiger partial charge on any atom is 0.242 e. The average Bonchev–Trinajstić information content (AvgIpc) is 3.09. The van der Waals surface area contributed by atoms with Crippen LogP contribution in [0, 0.1) is 13.8 Å². The van der Waals surface area contributed by atoms with Gasteiger partial charge in [0.05, 0.1) is 11.8 Å². The summed E-state index contributed by atoms with van der Waals surface area (Å²) in [4.78, 5) is 0. The Labute approximate surface area is 182 Å². The Kier molecular flexibility index (Phi) is 3.30. The molecule has 30 heavy (non-hydrogen) atoms. The molecular formula is C27H31N2O+. The van der Waals surface area contributed by atoms with Crippen molar-refractivity contribution in [1.82, 2.24) is 5.10 Å². The number of hydrogen-bond acceptors (Lipinski definition) is 2. The van der Waals surface area contributed by atoms with Crippen LogP contribution in [0.3, 0.4) is 0 Å². The van der Waals surface area contributed by atoms with Crippen LogP contribution >= 0.6 is 0 Å². The highest BCUT2D eigenvalue weighted by Gasteiger charge is 2.39. The summed E-state index contributed by atoms with van der Waals surface area (Å²) in [5, 5.41) is 6.08. The first kappa shape index (κ1) is 16.1. The topological polar surface area (TPSA) is 29.9 Å². The molecule has 0 unspecified atom stereocenters. The Morgan fingerprint density at radius 3 is 2.53 bits per heavy atom. The second-order valence-electron chi connectivity index (χ2n) is 10.1. The summed E-state index contributed by atoms with van der Waals surface area (Å²) in [7, 11) is 1.90.